The molecule has 2 heterocycles. The van der Waals surface area contributed by atoms with Gasteiger partial charge in [-0.25, -0.2) is 4.79 Å². The van der Waals surface area contributed by atoms with E-state index in [0.29, 0.717) is 44.2 Å². The van der Waals surface area contributed by atoms with Crippen molar-refractivity contribution >= 4 is 12.0 Å². The van der Waals surface area contributed by atoms with Crippen molar-refractivity contribution in [2.75, 3.05) is 45.9 Å². The molecule has 0 aromatic carbocycles. The highest BCUT2D eigenvalue weighted by Gasteiger charge is 2.48. The summed E-state index contributed by atoms with van der Waals surface area (Å²) in [6.45, 7) is 9.50. The molecular weight excluding hydrogens is 642 g/mol. The van der Waals surface area contributed by atoms with Gasteiger partial charge in [0.15, 0.2) is 12.6 Å². The van der Waals surface area contributed by atoms with Crippen LogP contribution in [0.25, 0.3) is 0 Å². The molecule has 0 unspecified atom stereocenters. The molecule has 2 aliphatic heterocycles. The number of rotatable bonds is 17. The predicted molar refractivity (Wildman–Crippen MR) is 179 cm³/mol. The minimum absolute atomic E-state index is 0.0400. The lowest BCUT2D eigenvalue weighted by Crippen LogP contribution is -2.66. The van der Waals surface area contributed by atoms with Crippen LogP contribution in [0.15, 0.2) is 11.8 Å². The van der Waals surface area contributed by atoms with Gasteiger partial charge < -0.3 is 71.1 Å². The van der Waals surface area contributed by atoms with E-state index in [-0.39, 0.29) is 45.1 Å². The molecule has 284 valence electrons. The summed E-state index contributed by atoms with van der Waals surface area (Å²) in [6, 6.07) is -1.61. The number of allylic oxidation sites excluding steroid dienone is 1. The van der Waals surface area contributed by atoms with Crippen molar-refractivity contribution in [2.24, 2.45) is 17.4 Å². The van der Waals surface area contributed by atoms with Crippen LogP contribution in [-0.4, -0.2) is 144 Å². The van der Waals surface area contributed by atoms with Crippen LogP contribution in [-0.2, 0) is 28.5 Å². The summed E-state index contributed by atoms with van der Waals surface area (Å²) in [6.07, 6.45) is -2.80. The zero-order chi connectivity index (χ0) is 36.1. The number of nitrogens with one attached hydrogen (secondary N) is 2. The van der Waals surface area contributed by atoms with E-state index in [9.17, 15) is 30.0 Å². The van der Waals surface area contributed by atoms with Gasteiger partial charge in [-0.05, 0) is 84.4 Å². The summed E-state index contributed by atoms with van der Waals surface area (Å²) in [5.74, 6) is 0.415. The maximum Gasteiger partial charge on any atom is 0.410 e. The first kappa shape index (κ1) is 41.3. The van der Waals surface area contributed by atoms with E-state index in [2.05, 4.69) is 10.6 Å². The molecule has 9 atom stereocenters. The molecule has 16 nitrogen and oxygen atoms in total. The van der Waals surface area contributed by atoms with Crippen molar-refractivity contribution in [3.8, 4) is 0 Å². The minimum Gasteiger partial charge on any atom is -0.468 e. The number of hydrogen-bond donors (Lipinski definition) is 8. The lowest BCUT2D eigenvalue weighted by atomic mass is 9.83. The average Bonchev–Trinajstić information content (AvgIpc) is 3.05. The Balaban J connectivity index is 1.57. The van der Waals surface area contributed by atoms with E-state index in [1.54, 1.807) is 11.8 Å². The number of aliphatic hydroxyl groups is 4. The topological polar surface area (TPSA) is 241 Å². The molecule has 16 heteroatoms. The van der Waals surface area contributed by atoms with Crippen LogP contribution in [0.3, 0.4) is 0 Å². The van der Waals surface area contributed by atoms with Crippen molar-refractivity contribution in [1.29, 1.82) is 0 Å². The molecule has 3 aliphatic rings. The van der Waals surface area contributed by atoms with Crippen LogP contribution in [0.2, 0.25) is 0 Å². The molecule has 49 heavy (non-hydrogen) atoms. The van der Waals surface area contributed by atoms with Crippen molar-refractivity contribution < 1.29 is 53.7 Å². The van der Waals surface area contributed by atoms with E-state index in [1.165, 1.54) is 0 Å². The predicted octanol–water partition coefficient (Wildman–Crippen LogP) is -0.594. The summed E-state index contributed by atoms with van der Waals surface area (Å²) >= 11 is 0. The number of nitrogens with two attached hydrogens (primary N) is 2. The summed E-state index contributed by atoms with van der Waals surface area (Å²) in [5, 5.41) is 47.8. The van der Waals surface area contributed by atoms with Gasteiger partial charge in [-0.15, -0.1) is 0 Å². The minimum atomic E-state index is -1.38. The number of nitrogens with zero attached hydrogens (tertiary/aromatic N) is 1. The molecule has 0 aromatic heterocycles. The third kappa shape index (κ3) is 13.2. The van der Waals surface area contributed by atoms with Crippen molar-refractivity contribution in [1.82, 2.24) is 15.5 Å². The van der Waals surface area contributed by atoms with Crippen molar-refractivity contribution in [3.05, 3.63) is 11.8 Å². The van der Waals surface area contributed by atoms with Crippen molar-refractivity contribution in [3.63, 3.8) is 0 Å². The number of carbonyl (C=O) groups is 2. The molecule has 2 fully saturated rings. The molecule has 1 aliphatic carbocycles. The summed E-state index contributed by atoms with van der Waals surface area (Å²) in [4.78, 5) is 26.9. The van der Waals surface area contributed by atoms with Gasteiger partial charge in [-0.1, -0.05) is 6.92 Å². The lowest BCUT2D eigenvalue weighted by Gasteiger charge is -2.45. The molecule has 3 rings (SSSR count). The van der Waals surface area contributed by atoms with Gasteiger partial charge in [0.1, 0.15) is 41.9 Å². The van der Waals surface area contributed by atoms with Gasteiger partial charge in [0, 0.05) is 25.6 Å². The highest BCUT2D eigenvalue weighted by Crippen LogP contribution is 2.30. The molecule has 0 spiro atoms. The first-order valence-electron chi connectivity index (χ1n) is 17.6. The maximum absolute atomic E-state index is 12.7. The molecule has 0 radical (unpaired) electrons. The standard InChI is InChI=1S/C33H61N5O11/c1-5-24(40)31(45-16-15-39)48-29-23(37-30(43)25(41)9-12-34)17-22(35)28(27(29)42)47-26-8-6-7-21(46-26)19-36-18-20-10-13-38(14-11-20)32(44)49-33(2,3)4/h7,20,22-29,31,36,39-42H,5-6,8-19,34-35H2,1-4H3,(H,37,43)/t22-,23+,24+,25+,26+,27-,28+,29-,31+/m0/s1. The largest absolute Gasteiger partial charge is 0.468 e. The zero-order valence-corrected chi connectivity index (χ0v) is 29.5. The highest BCUT2D eigenvalue weighted by molar-refractivity contribution is 5.80. The van der Waals surface area contributed by atoms with Crippen LogP contribution in [0.4, 0.5) is 4.79 Å². The van der Waals surface area contributed by atoms with Gasteiger partial charge in [-0.3, -0.25) is 4.79 Å². The number of ether oxygens (including phenoxy) is 5. The molecule has 10 N–H and O–H groups in total. The smallest absolute Gasteiger partial charge is 0.410 e. The summed E-state index contributed by atoms with van der Waals surface area (Å²) in [7, 11) is 0. The first-order valence-corrected chi connectivity index (χ1v) is 17.6. The number of aliphatic hydroxyl groups excluding tert-OH is 4. The Labute approximate surface area is 289 Å². The fraction of sp³-hybridized carbons (Fsp3) is 0.879. The van der Waals surface area contributed by atoms with E-state index >= 15 is 0 Å². The first-order chi connectivity index (χ1) is 23.3. The van der Waals surface area contributed by atoms with Crippen LogP contribution >= 0.6 is 0 Å². The van der Waals surface area contributed by atoms with Gasteiger partial charge in [-0.2, -0.15) is 0 Å². The normalized spacial score (nSPS) is 28.6. The van der Waals surface area contributed by atoms with E-state index in [1.807, 2.05) is 26.8 Å². The fourth-order valence-electron chi connectivity index (χ4n) is 6.15. The Morgan fingerprint density at radius 2 is 1.88 bits per heavy atom. The molecule has 0 bridgehead atoms. The van der Waals surface area contributed by atoms with E-state index in [4.69, 9.17) is 35.2 Å². The second-order valence-corrected chi connectivity index (χ2v) is 14.1. The van der Waals surface area contributed by atoms with Crippen LogP contribution in [0, 0.1) is 5.92 Å². The third-order valence-corrected chi connectivity index (χ3v) is 8.85. The number of piperidine rings is 1. The number of likely N-dealkylation sites (tertiary alicyclic amines) is 1. The van der Waals surface area contributed by atoms with Crippen LogP contribution < -0.4 is 22.1 Å². The van der Waals surface area contributed by atoms with E-state index in [0.717, 1.165) is 19.4 Å². The second kappa shape index (κ2) is 20.1. The fourth-order valence-corrected chi connectivity index (χ4v) is 6.15. The van der Waals surface area contributed by atoms with Gasteiger partial charge in [0.25, 0.3) is 0 Å². The third-order valence-electron chi connectivity index (χ3n) is 8.85. The zero-order valence-electron chi connectivity index (χ0n) is 29.5. The number of amides is 2. The van der Waals surface area contributed by atoms with Gasteiger partial charge >= 0.3 is 6.09 Å². The Morgan fingerprint density at radius 3 is 2.51 bits per heavy atom. The Hall–Kier alpha value is -2.12. The Morgan fingerprint density at radius 1 is 1.16 bits per heavy atom. The molecular formula is C33H61N5O11. The average molecular weight is 704 g/mol. The Bertz CT molecular complexity index is 1040. The summed E-state index contributed by atoms with van der Waals surface area (Å²) in [5.41, 5.74) is 11.5. The van der Waals surface area contributed by atoms with E-state index < -0.39 is 66.7 Å². The van der Waals surface area contributed by atoms with Gasteiger partial charge in [0.2, 0.25) is 5.91 Å². The van der Waals surface area contributed by atoms with Crippen LogP contribution in [0.5, 0.6) is 0 Å². The quantitative estimate of drug-likeness (QED) is 0.0884. The molecule has 2 amide bonds. The van der Waals surface area contributed by atoms with Crippen molar-refractivity contribution in [2.45, 2.75) is 133 Å². The van der Waals surface area contributed by atoms with Gasteiger partial charge in [0.05, 0.1) is 25.8 Å². The number of carbonyl (C=O) groups excluding carboxylic acids is 2. The molecule has 0 aromatic rings. The number of hydrogen-bond acceptors (Lipinski definition) is 14. The second-order valence-electron chi connectivity index (χ2n) is 14.1. The molecule has 1 saturated carbocycles. The SMILES string of the molecule is CC[C@@H](O)[C@H](OCCO)O[C@@H]1[C@@H](O)[C@H](O[C@@H]2CCC=C(CNCC3CCN(C(=O)OC(C)(C)C)CC3)O2)[C@@H](N)C[C@H]1NC(=O)[C@H](O)CCN. The van der Waals surface area contributed by atoms with Crippen LogP contribution in [0.1, 0.15) is 72.6 Å². The molecule has 1 saturated heterocycles. The monoisotopic (exact) mass is 703 g/mol. The maximum atomic E-state index is 12.7. The lowest BCUT2D eigenvalue weighted by molar-refractivity contribution is -0.269. The highest BCUT2D eigenvalue weighted by atomic mass is 16.7. The Kier molecular flexibility index (Phi) is 16.9. The summed E-state index contributed by atoms with van der Waals surface area (Å²) < 4.78 is 29.5.